The molecule has 1 aromatic carbocycles. The molecule has 3 rings (SSSR count). The molecule has 2 fully saturated rings. The number of hydrogen-bond donors (Lipinski definition) is 0. The van der Waals surface area contributed by atoms with E-state index >= 15 is 0 Å². The molecule has 158 valence electrons. The van der Waals surface area contributed by atoms with Gasteiger partial charge in [-0.1, -0.05) is 23.2 Å². The summed E-state index contributed by atoms with van der Waals surface area (Å²) in [5.74, 6) is -0.151. The van der Waals surface area contributed by atoms with Crippen molar-refractivity contribution in [1.82, 2.24) is 9.21 Å². The molecule has 0 amide bonds. The first-order valence-electron chi connectivity index (χ1n) is 9.16. The fourth-order valence-corrected chi connectivity index (χ4v) is 7.83. The highest BCUT2D eigenvalue weighted by Crippen LogP contribution is 2.29. The molecule has 7 nitrogen and oxygen atoms in total. The first-order valence-corrected chi connectivity index (χ1v) is 13.2. The standard InChI is InChI=1S/C17H24Cl2N2O5S2/c18-14-10-15(19)12-17(11-14)28(24,25)21(16-2-9-27(22,23)13-16)4-1-3-20-5-7-26-8-6-20/h10-12,16H,1-9,13H2. The highest BCUT2D eigenvalue weighted by Gasteiger charge is 2.38. The molecule has 0 N–H and O–H groups in total. The fraction of sp³-hybridized carbons (Fsp3) is 0.647. The van der Waals surface area contributed by atoms with Crippen LogP contribution < -0.4 is 0 Å². The van der Waals surface area contributed by atoms with E-state index in [9.17, 15) is 16.8 Å². The average molecular weight is 471 g/mol. The van der Waals surface area contributed by atoms with Gasteiger partial charge in [-0.05, 0) is 37.6 Å². The van der Waals surface area contributed by atoms with E-state index in [0.29, 0.717) is 26.1 Å². The van der Waals surface area contributed by atoms with Gasteiger partial charge in [0.25, 0.3) is 0 Å². The van der Waals surface area contributed by atoms with Crippen molar-refractivity contribution in [2.75, 3.05) is 50.9 Å². The van der Waals surface area contributed by atoms with Crippen molar-refractivity contribution in [2.45, 2.75) is 23.8 Å². The van der Waals surface area contributed by atoms with Crippen LogP contribution in [0.4, 0.5) is 0 Å². The molecule has 1 atom stereocenters. The second-order valence-electron chi connectivity index (χ2n) is 7.09. The zero-order chi connectivity index (χ0) is 20.4. The summed E-state index contributed by atoms with van der Waals surface area (Å²) < 4.78 is 57.1. The summed E-state index contributed by atoms with van der Waals surface area (Å²) in [6.45, 7) is 3.94. The molecular formula is C17H24Cl2N2O5S2. The highest BCUT2D eigenvalue weighted by atomic mass is 35.5. The molecule has 1 aromatic rings. The van der Waals surface area contributed by atoms with E-state index < -0.39 is 25.9 Å². The van der Waals surface area contributed by atoms with Gasteiger partial charge in [-0.25, -0.2) is 16.8 Å². The number of sulfone groups is 1. The van der Waals surface area contributed by atoms with Gasteiger partial charge in [-0.2, -0.15) is 4.31 Å². The predicted molar refractivity (Wildman–Crippen MR) is 109 cm³/mol. The zero-order valence-corrected chi connectivity index (χ0v) is 18.5. The van der Waals surface area contributed by atoms with Crippen molar-refractivity contribution in [3.05, 3.63) is 28.2 Å². The number of benzene rings is 1. The maximum absolute atomic E-state index is 13.3. The lowest BCUT2D eigenvalue weighted by molar-refractivity contribution is 0.0367. The molecule has 0 aliphatic carbocycles. The van der Waals surface area contributed by atoms with Crippen LogP contribution in [0.3, 0.4) is 0 Å². The van der Waals surface area contributed by atoms with Gasteiger partial charge in [0.1, 0.15) is 0 Å². The minimum Gasteiger partial charge on any atom is -0.379 e. The van der Waals surface area contributed by atoms with Crippen LogP contribution >= 0.6 is 23.2 Å². The van der Waals surface area contributed by atoms with Crippen LogP contribution in [0.5, 0.6) is 0 Å². The minimum atomic E-state index is -3.93. The second kappa shape index (κ2) is 9.16. The Kier molecular flexibility index (Phi) is 7.28. The zero-order valence-electron chi connectivity index (χ0n) is 15.4. The Morgan fingerprint density at radius 1 is 1.14 bits per heavy atom. The van der Waals surface area contributed by atoms with Gasteiger partial charge in [0, 0.05) is 35.7 Å². The second-order valence-corrected chi connectivity index (χ2v) is 12.1. The van der Waals surface area contributed by atoms with Crippen LogP contribution in [0.15, 0.2) is 23.1 Å². The highest BCUT2D eigenvalue weighted by molar-refractivity contribution is 7.92. The summed E-state index contributed by atoms with van der Waals surface area (Å²) in [4.78, 5) is 2.20. The number of rotatable bonds is 7. The molecule has 0 bridgehead atoms. The molecule has 2 aliphatic heterocycles. The number of hydrogen-bond acceptors (Lipinski definition) is 6. The van der Waals surface area contributed by atoms with Crippen LogP contribution in [0, 0.1) is 0 Å². The Morgan fingerprint density at radius 3 is 2.36 bits per heavy atom. The number of nitrogens with zero attached hydrogens (tertiary/aromatic N) is 2. The van der Waals surface area contributed by atoms with Gasteiger partial charge < -0.3 is 4.74 Å². The third kappa shape index (κ3) is 5.59. The number of sulfonamides is 1. The van der Waals surface area contributed by atoms with Gasteiger partial charge in [0.15, 0.2) is 9.84 Å². The van der Waals surface area contributed by atoms with Crippen molar-refractivity contribution in [3.63, 3.8) is 0 Å². The molecule has 1 unspecified atom stereocenters. The summed E-state index contributed by atoms with van der Waals surface area (Å²) in [6, 6.07) is 3.59. The van der Waals surface area contributed by atoms with E-state index in [1.54, 1.807) is 0 Å². The first kappa shape index (κ1) is 22.3. The molecule has 0 aromatic heterocycles. The molecule has 0 radical (unpaired) electrons. The van der Waals surface area contributed by atoms with Crippen molar-refractivity contribution in [1.29, 1.82) is 0 Å². The third-order valence-electron chi connectivity index (χ3n) is 5.01. The molecule has 0 saturated carbocycles. The van der Waals surface area contributed by atoms with Crippen LogP contribution in [0.2, 0.25) is 10.0 Å². The maximum Gasteiger partial charge on any atom is 0.243 e. The normalized spacial score (nSPS) is 23.3. The maximum atomic E-state index is 13.3. The van der Waals surface area contributed by atoms with Gasteiger partial charge >= 0.3 is 0 Å². The molecular weight excluding hydrogens is 447 g/mol. The van der Waals surface area contributed by atoms with Crippen molar-refractivity contribution >= 4 is 43.1 Å². The Hall–Kier alpha value is -0.420. The van der Waals surface area contributed by atoms with Gasteiger partial charge in [-0.15, -0.1) is 0 Å². The summed E-state index contributed by atoms with van der Waals surface area (Å²) in [6.07, 6.45) is 0.900. The SMILES string of the molecule is O=S1(=O)CCC(N(CCCN2CCOCC2)S(=O)(=O)c2cc(Cl)cc(Cl)c2)C1. The van der Waals surface area contributed by atoms with E-state index in [0.717, 1.165) is 19.6 Å². The Morgan fingerprint density at radius 2 is 1.79 bits per heavy atom. The number of halogens is 2. The summed E-state index contributed by atoms with van der Waals surface area (Å²) in [7, 11) is -7.16. The molecule has 2 heterocycles. The van der Waals surface area contributed by atoms with Crippen LogP contribution in [0.25, 0.3) is 0 Å². The molecule has 28 heavy (non-hydrogen) atoms. The Balaban J connectivity index is 1.80. The van der Waals surface area contributed by atoms with E-state index in [-0.39, 0.29) is 33.0 Å². The van der Waals surface area contributed by atoms with E-state index in [2.05, 4.69) is 4.90 Å². The predicted octanol–water partition coefficient (Wildman–Crippen LogP) is 1.89. The average Bonchev–Trinajstić information content (AvgIpc) is 2.98. The fourth-order valence-electron chi connectivity index (χ4n) is 3.59. The van der Waals surface area contributed by atoms with Gasteiger partial charge in [0.2, 0.25) is 10.0 Å². The summed E-state index contributed by atoms with van der Waals surface area (Å²) >= 11 is 12.0. The van der Waals surface area contributed by atoms with Crippen LogP contribution in [-0.4, -0.2) is 83.0 Å². The lowest BCUT2D eigenvalue weighted by Gasteiger charge is -2.30. The van der Waals surface area contributed by atoms with Gasteiger partial charge in [0.05, 0.1) is 29.6 Å². The summed E-state index contributed by atoms with van der Waals surface area (Å²) in [5.41, 5.74) is 0. The first-order chi connectivity index (χ1) is 13.2. The van der Waals surface area contributed by atoms with Crippen LogP contribution in [0.1, 0.15) is 12.8 Å². The van der Waals surface area contributed by atoms with Crippen LogP contribution in [-0.2, 0) is 24.6 Å². The largest absolute Gasteiger partial charge is 0.379 e. The molecule has 0 spiro atoms. The smallest absolute Gasteiger partial charge is 0.243 e. The van der Waals surface area contributed by atoms with Gasteiger partial charge in [-0.3, -0.25) is 4.90 Å². The lowest BCUT2D eigenvalue weighted by Crippen LogP contribution is -2.43. The quantitative estimate of drug-likeness (QED) is 0.604. The number of morpholine rings is 1. The molecule has 2 saturated heterocycles. The molecule has 11 heteroatoms. The van der Waals surface area contributed by atoms with Crippen molar-refractivity contribution in [3.8, 4) is 0 Å². The van der Waals surface area contributed by atoms with E-state index in [4.69, 9.17) is 27.9 Å². The third-order valence-corrected chi connectivity index (χ3v) is 9.13. The van der Waals surface area contributed by atoms with Crippen molar-refractivity contribution < 1.29 is 21.6 Å². The number of ether oxygens (including phenoxy) is 1. The van der Waals surface area contributed by atoms with E-state index in [1.165, 1.54) is 22.5 Å². The van der Waals surface area contributed by atoms with Crippen molar-refractivity contribution in [2.24, 2.45) is 0 Å². The topological polar surface area (TPSA) is 84.0 Å². The Bertz CT molecular complexity index is 882. The minimum absolute atomic E-state index is 0.00343. The summed E-state index contributed by atoms with van der Waals surface area (Å²) in [5, 5.41) is 0.441. The lowest BCUT2D eigenvalue weighted by atomic mass is 10.2. The van der Waals surface area contributed by atoms with E-state index in [1.807, 2.05) is 0 Å². The Labute approximate surface area is 176 Å². The monoisotopic (exact) mass is 470 g/mol. The molecule has 2 aliphatic rings.